The van der Waals surface area contributed by atoms with E-state index in [1.54, 1.807) is 6.07 Å². The first kappa shape index (κ1) is 15.9. The lowest BCUT2D eigenvalue weighted by molar-refractivity contribution is 0.333. The first-order valence-corrected chi connectivity index (χ1v) is 10.1. The van der Waals surface area contributed by atoms with E-state index in [9.17, 15) is 13.2 Å². The topological polar surface area (TPSA) is 81.3 Å². The lowest BCUT2D eigenvalue weighted by atomic mass is 9.89. The van der Waals surface area contributed by atoms with Crippen LogP contribution < -0.4 is 10.5 Å². The van der Waals surface area contributed by atoms with Crippen LogP contribution in [0, 0.1) is 17.8 Å². The van der Waals surface area contributed by atoms with Gasteiger partial charge in [-0.05, 0) is 56.1 Å². The number of rotatable bonds is 5. The molecule has 0 radical (unpaired) electrons. The zero-order valence-corrected chi connectivity index (χ0v) is 14.5. The molecule has 24 heavy (non-hydrogen) atoms. The average Bonchev–Trinajstić information content (AvgIpc) is 3.25. The number of hydrogen-bond donors (Lipinski definition) is 1. The highest BCUT2D eigenvalue weighted by Gasteiger charge is 2.39. The van der Waals surface area contributed by atoms with Gasteiger partial charge in [-0.25, -0.2) is 17.9 Å². The molecule has 4 rings (SSSR count). The lowest BCUT2D eigenvalue weighted by Crippen LogP contribution is -2.31. The maximum Gasteiger partial charge on any atom is 0.419 e. The zero-order chi connectivity index (χ0) is 16.9. The second-order valence-electron chi connectivity index (χ2n) is 7.03. The van der Waals surface area contributed by atoms with E-state index in [4.69, 9.17) is 4.42 Å². The Morgan fingerprint density at radius 3 is 2.79 bits per heavy atom. The van der Waals surface area contributed by atoms with E-state index in [2.05, 4.69) is 4.72 Å². The molecule has 0 spiro atoms. The molecule has 2 aliphatic rings. The van der Waals surface area contributed by atoms with E-state index >= 15 is 0 Å². The number of fused-ring (bicyclic) bond motifs is 3. The van der Waals surface area contributed by atoms with Crippen LogP contribution in [0.25, 0.3) is 11.1 Å². The van der Waals surface area contributed by atoms with Crippen molar-refractivity contribution in [2.24, 2.45) is 17.8 Å². The summed E-state index contributed by atoms with van der Waals surface area (Å²) in [4.78, 5) is 11.9. The summed E-state index contributed by atoms with van der Waals surface area (Å²) in [5.74, 6) is 1.47. The SMILES string of the molecule is CCn1c(=O)oc2cc(S(=O)(=O)NCC3CC4CCC3C4)ccc21. The molecule has 1 heterocycles. The van der Waals surface area contributed by atoms with Crippen molar-refractivity contribution in [1.29, 1.82) is 0 Å². The Morgan fingerprint density at radius 2 is 2.12 bits per heavy atom. The summed E-state index contributed by atoms with van der Waals surface area (Å²) in [5, 5.41) is 0. The van der Waals surface area contributed by atoms with Crippen molar-refractivity contribution in [1.82, 2.24) is 9.29 Å². The van der Waals surface area contributed by atoms with Crippen molar-refractivity contribution in [2.45, 2.75) is 44.0 Å². The highest BCUT2D eigenvalue weighted by molar-refractivity contribution is 7.89. The highest BCUT2D eigenvalue weighted by Crippen LogP contribution is 2.48. The summed E-state index contributed by atoms with van der Waals surface area (Å²) in [6, 6.07) is 4.61. The van der Waals surface area contributed by atoms with E-state index in [1.165, 1.54) is 36.0 Å². The number of benzene rings is 1. The van der Waals surface area contributed by atoms with E-state index in [0.29, 0.717) is 36.0 Å². The van der Waals surface area contributed by atoms with Crippen molar-refractivity contribution in [3.05, 3.63) is 28.7 Å². The number of sulfonamides is 1. The molecular formula is C17H22N2O4S. The van der Waals surface area contributed by atoms with Crippen LogP contribution in [-0.4, -0.2) is 19.5 Å². The quantitative estimate of drug-likeness (QED) is 0.897. The Hall–Kier alpha value is -1.60. The molecule has 130 valence electrons. The minimum atomic E-state index is -3.59. The predicted octanol–water partition coefficient (Wildman–Crippen LogP) is 2.33. The molecule has 2 aromatic rings. The van der Waals surface area contributed by atoms with Crippen molar-refractivity contribution < 1.29 is 12.8 Å². The molecule has 3 unspecified atom stereocenters. The molecule has 0 saturated heterocycles. The fraction of sp³-hybridized carbons (Fsp3) is 0.588. The van der Waals surface area contributed by atoms with Crippen LogP contribution >= 0.6 is 0 Å². The average molecular weight is 350 g/mol. The number of nitrogens with one attached hydrogen (secondary N) is 1. The standard InChI is InChI=1S/C17H22N2O4S/c1-2-19-15-6-5-14(9-16(15)23-17(19)20)24(21,22)18-10-13-8-11-3-4-12(13)7-11/h5-6,9,11-13,18H,2-4,7-8,10H2,1H3. The molecule has 2 saturated carbocycles. The van der Waals surface area contributed by atoms with Gasteiger partial charge >= 0.3 is 5.76 Å². The van der Waals surface area contributed by atoms with E-state index in [-0.39, 0.29) is 4.90 Å². The number of aromatic nitrogens is 1. The maximum absolute atomic E-state index is 12.6. The summed E-state index contributed by atoms with van der Waals surface area (Å²) >= 11 is 0. The predicted molar refractivity (Wildman–Crippen MR) is 90.3 cm³/mol. The van der Waals surface area contributed by atoms with E-state index < -0.39 is 15.8 Å². The second-order valence-corrected chi connectivity index (χ2v) is 8.80. The molecule has 3 atom stereocenters. The van der Waals surface area contributed by atoms with Crippen molar-refractivity contribution in [3.8, 4) is 0 Å². The Morgan fingerprint density at radius 1 is 1.29 bits per heavy atom. The van der Waals surface area contributed by atoms with Crippen molar-refractivity contribution in [2.75, 3.05) is 6.54 Å². The third-order valence-electron chi connectivity index (χ3n) is 5.69. The van der Waals surface area contributed by atoms with Crippen LogP contribution in [0.4, 0.5) is 0 Å². The van der Waals surface area contributed by atoms with E-state index in [1.807, 2.05) is 6.92 Å². The summed E-state index contributed by atoms with van der Waals surface area (Å²) < 4.78 is 34.5. The Kier molecular flexibility index (Phi) is 3.80. The molecule has 7 heteroatoms. The van der Waals surface area contributed by atoms with Gasteiger partial charge in [-0.3, -0.25) is 4.57 Å². The lowest BCUT2D eigenvalue weighted by Gasteiger charge is -2.21. The van der Waals surface area contributed by atoms with Crippen molar-refractivity contribution in [3.63, 3.8) is 0 Å². The molecule has 0 aliphatic heterocycles. The molecule has 2 aliphatic carbocycles. The molecule has 2 bridgehead atoms. The van der Waals surface area contributed by atoms with Crippen molar-refractivity contribution >= 4 is 21.1 Å². The van der Waals surface area contributed by atoms with Gasteiger partial charge in [0.2, 0.25) is 10.0 Å². The molecule has 0 amide bonds. The maximum atomic E-state index is 12.6. The second kappa shape index (κ2) is 5.74. The fourth-order valence-corrected chi connectivity index (χ4v) is 5.55. The monoisotopic (exact) mass is 350 g/mol. The van der Waals surface area contributed by atoms with Crippen LogP contribution in [0.5, 0.6) is 0 Å². The van der Waals surface area contributed by atoms with Gasteiger partial charge in [0.1, 0.15) is 0 Å². The Bertz CT molecular complexity index is 928. The van der Waals surface area contributed by atoms with Crippen LogP contribution in [0.3, 0.4) is 0 Å². The van der Waals surface area contributed by atoms with Crippen LogP contribution in [0.15, 0.2) is 32.3 Å². The Labute approximate surface area is 140 Å². The van der Waals surface area contributed by atoms with Gasteiger partial charge in [-0.1, -0.05) is 6.42 Å². The molecule has 6 nitrogen and oxygen atoms in total. The summed E-state index contributed by atoms with van der Waals surface area (Å²) in [6.07, 6.45) is 4.94. The zero-order valence-electron chi connectivity index (χ0n) is 13.7. The molecule has 1 N–H and O–H groups in total. The number of hydrogen-bond acceptors (Lipinski definition) is 4. The molecule has 1 aromatic heterocycles. The summed E-state index contributed by atoms with van der Waals surface area (Å²) in [6.45, 7) is 2.83. The molecule has 2 fully saturated rings. The molecule has 1 aromatic carbocycles. The smallest absolute Gasteiger partial charge is 0.408 e. The van der Waals surface area contributed by atoms with Gasteiger partial charge < -0.3 is 4.42 Å². The number of aryl methyl sites for hydroxylation is 1. The van der Waals surface area contributed by atoms with Crippen LogP contribution in [0.1, 0.15) is 32.6 Å². The minimum Gasteiger partial charge on any atom is -0.408 e. The number of nitrogens with zero attached hydrogens (tertiary/aromatic N) is 1. The third-order valence-corrected chi connectivity index (χ3v) is 7.11. The first-order chi connectivity index (χ1) is 11.5. The van der Waals surface area contributed by atoms with Gasteiger partial charge in [-0.15, -0.1) is 0 Å². The normalized spacial score (nSPS) is 26.5. The van der Waals surface area contributed by atoms with Crippen LogP contribution in [-0.2, 0) is 16.6 Å². The van der Waals surface area contributed by atoms with Crippen LogP contribution in [0.2, 0.25) is 0 Å². The fourth-order valence-electron chi connectivity index (χ4n) is 4.44. The third kappa shape index (κ3) is 2.59. The van der Waals surface area contributed by atoms with Gasteiger partial charge in [-0.2, -0.15) is 0 Å². The summed E-state index contributed by atoms with van der Waals surface area (Å²) in [7, 11) is -3.59. The first-order valence-electron chi connectivity index (χ1n) is 8.61. The van der Waals surface area contributed by atoms with Gasteiger partial charge in [0.25, 0.3) is 0 Å². The highest BCUT2D eigenvalue weighted by atomic mass is 32.2. The van der Waals surface area contributed by atoms with Gasteiger partial charge in [0.15, 0.2) is 5.58 Å². The van der Waals surface area contributed by atoms with E-state index in [0.717, 1.165) is 12.3 Å². The van der Waals surface area contributed by atoms with Gasteiger partial charge in [0, 0.05) is 19.2 Å². The minimum absolute atomic E-state index is 0.148. The number of oxazole rings is 1. The largest absolute Gasteiger partial charge is 0.419 e. The molecular weight excluding hydrogens is 328 g/mol. The Balaban J connectivity index is 1.55. The van der Waals surface area contributed by atoms with Gasteiger partial charge in [0.05, 0.1) is 10.4 Å². The summed E-state index contributed by atoms with van der Waals surface area (Å²) in [5.41, 5.74) is 0.930.